The van der Waals surface area contributed by atoms with Gasteiger partial charge in [0, 0.05) is 19.2 Å². The SMILES string of the molecule is CC(=O)Nc1ccc(S(=O)(=O)NC[C@](C)(O)c2ccc(-c3ccccc3)cc2)c(C)c1. The lowest BCUT2D eigenvalue weighted by Gasteiger charge is -2.25. The minimum atomic E-state index is -3.85. The molecule has 0 bridgehead atoms. The highest BCUT2D eigenvalue weighted by atomic mass is 32.2. The van der Waals surface area contributed by atoms with E-state index in [4.69, 9.17) is 0 Å². The van der Waals surface area contributed by atoms with E-state index in [0.29, 0.717) is 16.8 Å². The van der Waals surface area contributed by atoms with Crippen molar-refractivity contribution in [2.24, 2.45) is 0 Å². The summed E-state index contributed by atoms with van der Waals surface area (Å²) in [6.45, 7) is 4.42. The Labute approximate surface area is 183 Å². The molecule has 0 fully saturated rings. The largest absolute Gasteiger partial charge is 0.384 e. The number of hydrogen-bond acceptors (Lipinski definition) is 4. The van der Waals surface area contributed by atoms with Crippen LogP contribution in [0.5, 0.6) is 0 Å². The Kier molecular flexibility index (Phi) is 6.59. The quantitative estimate of drug-likeness (QED) is 0.523. The molecule has 0 saturated heterocycles. The highest BCUT2D eigenvalue weighted by Crippen LogP contribution is 2.26. The van der Waals surface area contributed by atoms with Crippen molar-refractivity contribution >= 4 is 21.6 Å². The Hall–Kier alpha value is -3.00. The fourth-order valence-corrected chi connectivity index (χ4v) is 4.66. The van der Waals surface area contributed by atoms with Gasteiger partial charge in [-0.1, -0.05) is 54.6 Å². The summed E-state index contributed by atoms with van der Waals surface area (Å²) in [5.41, 5.74) is 2.29. The predicted molar refractivity (Wildman–Crippen MR) is 122 cm³/mol. The van der Waals surface area contributed by atoms with E-state index in [-0.39, 0.29) is 17.3 Å². The average molecular weight is 439 g/mol. The Bertz CT molecular complexity index is 1170. The van der Waals surface area contributed by atoms with Crippen molar-refractivity contribution in [3.8, 4) is 11.1 Å². The second-order valence-corrected chi connectivity index (χ2v) is 9.44. The molecule has 3 N–H and O–H groups in total. The molecule has 1 atom stereocenters. The van der Waals surface area contributed by atoms with Crippen LogP contribution in [0, 0.1) is 6.92 Å². The van der Waals surface area contributed by atoms with E-state index in [0.717, 1.165) is 11.1 Å². The van der Waals surface area contributed by atoms with Crippen LogP contribution in [-0.4, -0.2) is 26.0 Å². The molecule has 0 radical (unpaired) electrons. The first-order valence-electron chi connectivity index (χ1n) is 9.85. The molecule has 0 aliphatic rings. The molecule has 3 rings (SSSR count). The number of aryl methyl sites for hydroxylation is 1. The van der Waals surface area contributed by atoms with Gasteiger partial charge in [-0.2, -0.15) is 0 Å². The summed E-state index contributed by atoms with van der Waals surface area (Å²) in [6, 6.07) is 21.8. The van der Waals surface area contributed by atoms with Crippen molar-refractivity contribution in [3.05, 3.63) is 83.9 Å². The third kappa shape index (κ3) is 5.58. The lowest BCUT2D eigenvalue weighted by atomic mass is 9.94. The maximum atomic E-state index is 12.8. The zero-order valence-corrected chi connectivity index (χ0v) is 18.5. The lowest BCUT2D eigenvalue weighted by molar-refractivity contribution is -0.114. The molecule has 3 aromatic carbocycles. The van der Waals surface area contributed by atoms with Crippen LogP contribution >= 0.6 is 0 Å². The van der Waals surface area contributed by atoms with Gasteiger partial charge in [0.25, 0.3) is 0 Å². The summed E-state index contributed by atoms with van der Waals surface area (Å²) >= 11 is 0. The minimum Gasteiger partial charge on any atom is -0.384 e. The number of amides is 1. The first-order chi connectivity index (χ1) is 14.6. The van der Waals surface area contributed by atoms with Gasteiger partial charge in [0.2, 0.25) is 15.9 Å². The number of anilines is 1. The molecule has 31 heavy (non-hydrogen) atoms. The van der Waals surface area contributed by atoms with Gasteiger partial charge in [-0.05, 0) is 54.3 Å². The highest BCUT2D eigenvalue weighted by Gasteiger charge is 2.27. The van der Waals surface area contributed by atoms with Crippen LogP contribution in [0.3, 0.4) is 0 Å². The monoisotopic (exact) mass is 438 g/mol. The number of carbonyl (C=O) groups excluding carboxylic acids is 1. The summed E-state index contributed by atoms with van der Waals surface area (Å²) in [6.07, 6.45) is 0. The molecule has 3 aromatic rings. The summed E-state index contributed by atoms with van der Waals surface area (Å²) < 4.78 is 28.1. The standard InChI is InChI=1S/C24H26N2O4S/c1-17-15-22(26-18(2)27)13-14-23(17)31(29,30)25-16-24(3,28)21-11-9-20(10-12-21)19-7-5-4-6-8-19/h4-15,25,28H,16H2,1-3H3,(H,26,27)/t24-/m0/s1. The molecule has 6 nitrogen and oxygen atoms in total. The topological polar surface area (TPSA) is 95.5 Å². The van der Waals surface area contributed by atoms with Crippen LogP contribution in [0.15, 0.2) is 77.7 Å². The van der Waals surface area contributed by atoms with Crippen LogP contribution < -0.4 is 10.0 Å². The van der Waals surface area contributed by atoms with Crippen molar-refractivity contribution < 1.29 is 18.3 Å². The Morgan fingerprint density at radius 2 is 1.58 bits per heavy atom. The van der Waals surface area contributed by atoms with Crippen LogP contribution in [-0.2, 0) is 20.4 Å². The average Bonchev–Trinajstić information content (AvgIpc) is 2.73. The maximum absolute atomic E-state index is 12.8. The van der Waals surface area contributed by atoms with Crippen molar-refractivity contribution in [1.82, 2.24) is 4.72 Å². The van der Waals surface area contributed by atoms with Crippen LogP contribution in [0.1, 0.15) is 25.0 Å². The zero-order valence-electron chi connectivity index (χ0n) is 17.7. The highest BCUT2D eigenvalue weighted by molar-refractivity contribution is 7.89. The second-order valence-electron chi connectivity index (χ2n) is 7.70. The minimum absolute atomic E-state index is 0.0943. The Balaban J connectivity index is 1.74. The number of rotatable bonds is 7. The molecule has 0 aliphatic carbocycles. The summed E-state index contributed by atoms with van der Waals surface area (Å²) in [5.74, 6) is -0.234. The molecular formula is C24H26N2O4S. The molecule has 1 amide bonds. The van der Waals surface area contributed by atoms with Gasteiger partial charge in [0.1, 0.15) is 5.60 Å². The normalized spacial score (nSPS) is 13.4. The summed E-state index contributed by atoms with van der Waals surface area (Å²) in [5, 5.41) is 13.5. The van der Waals surface area contributed by atoms with E-state index in [9.17, 15) is 18.3 Å². The molecule has 0 saturated carbocycles. The van der Waals surface area contributed by atoms with Crippen molar-refractivity contribution in [2.45, 2.75) is 31.3 Å². The number of nitrogens with one attached hydrogen (secondary N) is 2. The van der Waals surface area contributed by atoms with E-state index in [1.165, 1.54) is 19.1 Å². The van der Waals surface area contributed by atoms with Crippen LogP contribution in [0.2, 0.25) is 0 Å². The van der Waals surface area contributed by atoms with E-state index < -0.39 is 15.6 Å². The predicted octanol–water partition coefficient (Wildman–Crippen LogP) is 3.81. The molecule has 0 heterocycles. The maximum Gasteiger partial charge on any atom is 0.240 e. The van der Waals surface area contributed by atoms with Gasteiger partial charge in [-0.15, -0.1) is 0 Å². The van der Waals surface area contributed by atoms with Gasteiger partial charge >= 0.3 is 0 Å². The molecule has 162 valence electrons. The van der Waals surface area contributed by atoms with Crippen molar-refractivity contribution in [2.75, 3.05) is 11.9 Å². The fraction of sp³-hybridized carbons (Fsp3) is 0.208. The zero-order chi connectivity index (χ0) is 22.6. The fourth-order valence-electron chi connectivity index (χ4n) is 3.30. The van der Waals surface area contributed by atoms with Gasteiger partial charge < -0.3 is 10.4 Å². The van der Waals surface area contributed by atoms with Gasteiger partial charge in [0.15, 0.2) is 0 Å². The van der Waals surface area contributed by atoms with Gasteiger partial charge in [0.05, 0.1) is 4.90 Å². The van der Waals surface area contributed by atoms with Gasteiger partial charge in [-0.3, -0.25) is 4.79 Å². The number of carbonyl (C=O) groups is 1. The molecule has 0 spiro atoms. The molecule has 0 aliphatic heterocycles. The number of hydrogen-bond donors (Lipinski definition) is 3. The molecular weight excluding hydrogens is 412 g/mol. The summed E-state index contributed by atoms with van der Waals surface area (Å²) in [7, 11) is -3.85. The third-order valence-electron chi connectivity index (χ3n) is 5.01. The lowest BCUT2D eigenvalue weighted by Crippen LogP contribution is -2.38. The number of sulfonamides is 1. The van der Waals surface area contributed by atoms with E-state index in [1.54, 1.807) is 32.0 Å². The van der Waals surface area contributed by atoms with Crippen LogP contribution in [0.25, 0.3) is 11.1 Å². The third-order valence-corrected chi connectivity index (χ3v) is 6.57. The van der Waals surface area contributed by atoms with E-state index >= 15 is 0 Å². The molecule has 0 aromatic heterocycles. The summed E-state index contributed by atoms with van der Waals surface area (Å²) in [4.78, 5) is 11.3. The smallest absolute Gasteiger partial charge is 0.240 e. The second kappa shape index (κ2) is 9.01. The van der Waals surface area contributed by atoms with Crippen molar-refractivity contribution in [1.29, 1.82) is 0 Å². The van der Waals surface area contributed by atoms with Gasteiger partial charge in [-0.25, -0.2) is 13.1 Å². The molecule has 0 unspecified atom stereocenters. The van der Waals surface area contributed by atoms with Crippen LogP contribution in [0.4, 0.5) is 5.69 Å². The first-order valence-corrected chi connectivity index (χ1v) is 11.3. The Morgan fingerprint density at radius 3 is 2.16 bits per heavy atom. The van der Waals surface area contributed by atoms with Crippen molar-refractivity contribution in [3.63, 3.8) is 0 Å². The van der Waals surface area contributed by atoms with E-state index in [2.05, 4.69) is 10.0 Å². The number of aliphatic hydroxyl groups is 1. The molecule has 7 heteroatoms. The van der Waals surface area contributed by atoms with E-state index in [1.807, 2.05) is 42.5 Å². The first kappa shape index (κ1) is 22.7. The number of benzene rings is 3. The Morgan fingerprint density at radius 1 is 0.968 bits per heavy atom.